The van der Waals surface area contributed by atoms with Crippen LogP contribution in [0.3, 0.4) is 0 Å². The maximum Gasteiger partial charge on any atom is 0.411 e. The summed E-state index contributed by atoms with van der Waals surface area (Å²) in [6.07, 6.45) is -0.197. The molecule has 0 spiro atoms. The van der Waals surface area contributed by atoms with E-state index in [0.717, 1.165) is 16.7 Å². The van der Waals surface area contributed by atoms with Crippen LogP contribution in [0.15, 0.2) is 48.5 Å². The highest BCUT2D eigenvalue weighted by Gasteiger charge is 2.37. The monoisotopic (exact) mass is 437 g/mol. The lowest BCUT2D eigenvalue weighted by Crippen LogP contribution is -2.56. The summed E-state index contributed by atoms with van der Waals surface area (Å²) in [7, 11) is 0. The largest absolute Gasteiger partial charge is 0.444 e. The summed E-state index contributed by atoms with van der Waals surface area (Å²) >= 11 is 0. The van der Waals surface area contributed by atoms with Crippen LogP contribution in [0.25, 0.3) is 0 Å². The first-order chi connectivity index (χ1) is 15.0. The Labute approximate surface area is 189 Å². The zero-order valence-electron chi connectivity index (χ0n) is 19.3. The second kappa shape index (κ2) is 9.42. The number of anilines is 1. The molecule has 2 aromatic carbocycles. The second-order valence-electron chi connectivity index (χ2n) is 9.18. The van der Waals surface area contributed by atoms with Crippen molar-refractivity contribution >= 4 is 23.6 Å². The molecular formula is C25H31N3O4. The number of nitrogens with one attached hydrogen (secondary N) is 2. The van der Waals surface area contributed by atoms with Gasteiger partial charge in [-0.1, -0.05) is 42.0 Å². The van der Waals surface area contributed by atoms with Crippen molar-refractivity contribution in [1.29, 1.82) is 0 Å². The van der Waals surface area contributed by atoms with Crippen LogP contribution in [-0.4, -0.2) is 40.5 Å². The van der Waals surface area contributed by atoms with Gasteiger partial charge in [-0.05, 0) is 57.9 Å². The fourth-order valence-electron chi connectivity index (χ4n) is 3.53. The van der Waals surface area contributed by atoms with Crippen LogP contribution in [0, 0.1) is 6.92 Å². The third-order valence-corrected chi connectivity index (χ3v) is 5.25. The zero-order chi connectivity index (χ0) is 23.5. The van der Waals surface area contributed by atoms with Crippen molar-refractivity contribution in [2.45, 2.75) is 65.3 Å². The number of rotatable bonds is 4. The lowest BCUT2D eigenvalue weighted by Gasteiger charge is -2.37. The number of nitrogens with zero attached hydrogens (tertiary/aromatic N) is 1. The van der Waals surface area contributed by atoms with Gasteiger partial charge in [0.2, 0.25) is 11.8 Å². The SMILES string of the molecule is Cc1ccc(NC(=O)[C@@H](C)NC(=O)[C@H]2Cc3ccccc3CN2C(=O)OC(C)(C)C)cc1. The van der Waals surface area contributed by atoms with Crippen LogP contribution in [0.2, 0.25) is 0 Å². The van der Waals surface area contributed by atoms with E-state index in [0.29, 0.717) is 12.1 Å². The molecule has 1 aliphatic rings. The van der Waals surface area contributed by atoms with Crippen LogP contribution in [0.1, 0.15) is 44.4 Å². The summed E-state index contributed by atoms with van der Waals surface area (Å²) in [5.41, 5.74) is 3.04. The van der Waals surface area contributed by atoms with E-state index >= 15 is 0 Å². The molecule has 7 heteroatoms. The highest BCUT2D eigenvalue weighted by Crippen LogP contribution is 2.25. The van der Waals surface area contributed by atoms with Gasteiger partial charge in [0.1, 0.15) is 17.7 Å². The molecule has 1 heterocycles. The molecule has 0 unspecified atom stereocenters. The van der Waals surface area contributed by atoms with Crippen LogP contribution >= 0.6 is 0 Å². The van der Waals surface area contributed by atoms with Gasteiger partial charge in [0.05, 0.1) is 6.54 Å². The van der Waals surface area contributed by atoms with Crippen molar-refractivity contribution in [3.63, 3.8) is 0 Å². The Hall–Kier alpha value is -3.35. The maximum atomic E-state index is 13.2. The number of hydrogen-bond donors (Lipinski definition) is 2. The molecule has 2 atom stereocenters. The Balaban J connectivity index is 1.73. The molecule has 0 saturated carbocycles. The fourth-order valence-corrected chi connectivity index (χ4v) is 3.53. The van der Waals surface area contributed by atoms with Crippen LogP contribution < -0.4 is 10.6 Å². The average molecular weight is 438 g/mol. The number of carbonyl (C=O) groups is 3. The van der Waals surface area contributed by atoms with Crippen LogP contribution in [-0.2, 0) is 27.3 Å². The van der Waals surface area contributed by atoms with Gasteiger partial charge in [-0.2, -0.15) is 0 Å². The molecule has 0 aromatic heterocycles. The van der Waals surface area contributed by atoms with Gasteiger partial charge in [0.25, 0.3) is 0 Å². The normalized spacial score (nSPS) is 16.5. The molecule has 7 nitrogen and oxygen atoms in total. The minimum Gasteiger partial charge on any atom is -0.444 e. The smallest absolute Gasteiger partial charge is 0.411 e. The van der Waals surface area contributed by atoms with Crippen molar-refractivity contribution in [2.24, 2.45) is 0 Å². The van der Waals surface area contributed by atoms with E-state index in [9.17, 15) is 14.4 Å². The number of benzene rings is 2. The molecule has 1 aliphatic heterocycles. The number of amides is 3. The molecule has 0 saturated heterocycles. The van der Waals surface area contributed by atoms with Crippen molar-refractivity contribution in [3.05, 3.63) is 65.2 Å². The first-order valence-electron chi connectivity index (χ1n) is 10.8. The number of carbonyl (C=O) groups excluding carboxylic acids is 3. The molecule has 170 valence electrons. The Morgan fingerprint density at radius 3 is 2.28 bits per heavy atom. The lowest BCUT2D eigenvalue weighted by atomic mass is 9.93. The molecule has 32 heavy (non-hydrogen) atoms. The lowest BCUT2D eigenvalue weighted by molar-refractivity contribution is -0.130. The first kappa shape index (κ1) is 23.3. The highest BCUT2D eigenvalue weighted by molar-refractivity contribution is 5.98. The molecule has 0 aliphatic carbocycles. The van der Waals surface area contributed by atoms with Gasteiger partial charge >= 0.3 is 6.09 Å². The third-order valence-electron chi connectivity index (χ3n) is 5.25. The standard InChI is InChI=1S/C25H31N3O4/c1-16-10-12-20(13-11-16)27-22(29)17(2)26-23(30)21-14-18-8-6-7-9-19(18)15-28(21)24(31)32-25(3,4)5/h6-13,17,21H,14-15H2,1-5H3,(H,26,30)(H,27,29)/t17-,21-/m1/s1. The predicted molar refractivity (Wildman–Crippen MR) is 123 cm³/mol. The van der Waals surface area contributed by atoms with Crippen LogP contribution in [0.5, 0.6) is 0 Å². The zero-order valence-corrected chi connectivity index (χ0v) is 19.3. The average Bonchev–Trinajstić information content (AvgIpc) is 2.73. The Morgan fingerprint density at radius 1 is 1.03 bits per heavy atom. The van der Waals surface area contributed by atoms with Gasteiger partial charge < -0.3 is 15.4 Å². The number of aryl methyl sites for hydroxylation is 1. The van der Waals surface area contributed by atoms with Crippen molar-refractivity contribution in [2.75, 3.05) is 5.32 Å². The van der Waals surface area contributed by atoms with Gasteiger partial charge in [-0.3, -0.25) is 14.5 Å². The molecule has 2 N–H and O–H groups in total. The topological polar surface area (TPSA) is 87.7 Å². The summed E-state index contributed by atoms with van der Waals surface area (Å²) in [5, 5.41) is 5.56. The van der Waals surface area contributed by atoms with Gasteiger partial charge in [0, 0.05) is 12.1 Å². The molecule has 0 fully saturated rings. The van der Waals surface area contributed by atoms with E-state index in [2.05, 4.69) is 10.6 Å². The summed E-state index contributed by atoms with van der Waals surface area (Å²) in [6, 6.07) is 13.6. The molecular weight excluding hydrogens is 406 g/mol. The molecule has 3 amide bonds. The second-order valence-corrected chi connectivity index (χ2v) is 9.18. The highest BCUT2D eigenvalue weighted by atomic mass is 16.6. The molecule has 3 rings (SSSR count). The fraction of sp³-hybridized carbons (Fsp3) is 0.400. The van der Waals surface area contributed by atoms with E-state index in [1.54, 1.807) is 27.7 Å². The van der Waals surface area contributed by atoms with Crippen molar-refractivity contribution in [1.82, 2.24) is 10.2 Å². The van der Waals surface area contributed by atoms with Gasteiger partial charge in [0.15, 0.2) is 0 Å². The van der Waals surface area contributed by atoms with Crippen LogP contribution in [0.4, 0.5) is 10.5 Å². The molecule has 0 radical (unpaired) electrons. The van der Waals surface area contributed by atoms with Crippen molar-refractivity contribution < 1.29 is 19.1 Å². The summed E-state index contributed by atoms with van der Waals surface area (Å²) in [4.78, 5) is 40.1. The molecule has 2 aromatic rings. The quantitative estimate of drug-likeness (QED) is 0.762. The summed E-state index contributed by atoms with van der Waals surface area (Å²) < 4.78 is 5.54. The van der Waals surface area contributed by atoms with E-state index in [1.165, 1.54) is 4.90 Å². The van der Waals surface area contributed by atoms with Gasteiger partial charge in [-0.25, -0.2) is 4.79 Å². The predicted octanol–water partition coefficient (Wildman–Crippen LogP) is 3.80. The minimum atomic E-state index is -0.776. The number of ether oxygens (including phenoxy) is 1. The summed E-state index contributed by atoms with van der Waals surface area (Å²) in [6.45, 7) is 9.22. The van der Waals surface area contributed by atoms with E-state index in [4.69, 9.17) is 4.74 Å². The third kappa shape index (κ3) is 5.87. The van der Waals surface area contributed by atoms with Crippen molar-refractivity contribution in [3.8, 4) is 0 Å². The molecule has 0 bridgehead atoms. The first-order valence-corrected chi connectivity index (χ1v) is 10.8. The summed E-state index contributed by atoms with van der Waals surface area (Å²) in [5.74, 6) is -0.723. The number of fused-ring (bicyclic) bond motifs is 1. The van der Waals surface area contributed by atoms with E-state index in [1.807, 2.05) is 55.5 Å². The Kier molecular flexibility index (Phi) is 6.87. The number of hydrogen-bond acceptors (Lipinski definition) is 4. The minimum absolute atomic E-state index is 0.271. The van der Waals surface area contributed by atoms with Gasteiger partial charge in [-0.15, -0.1) is 0 Å². The Morgan fingerprint density at radius 2 is 1.66 bits per heavy atom. The van der Waals surface area contributed by atoms with E-state index in [-0.39, 0.29) is 12.5 Å². The van der Waals surface area contributed by atoms with E-state index < -0.39 is 29.7 Å². The Bertz CT molecular complexity index is 995. The maximum absolute atomic E-state index is 13.2.